The fourth-order valence-corrected chi connectivity index (χ4v) is 3.75. The van der Waals surface area contributed by atoms with Gasteiger partial charge in [0.1, 0.15) is 17.0 Å². The summed E-state index contributed by atoms with van der Waals surface area (Å²) in [6.07, 6.45) is 0.915. The van der Waals surface area contributed by atoms with Gasteiger partial charge in [-0.25, -0.2) is 4.98 Å². The number of ether oxygens (including phenoxy) is 2. The van der Waals surface area contributed by atoms with Crippen molar-refractivity contribution in [3.63, 3.8) is 0 Å². The van der Waals surface area contributed by atoms with Crippen LogP contribution in [-0.2, 0) is 6.42 Å². The van der Waals surface area contributed by atoms with Gasteiger partial charge in [0.2, 0.25) is 5.89 Å². The molecule has 0 aliphatic rings. The molecule has 0 spiro atoms. The second-order valence-corrected chi connectivity index (χ2v) is 8.16. The topological polar surface area (TPSA) is 85.6 Å². The van der Waals surface area contributed by atoms with Gasteiger partial charge < -0.3 is 19.2 Å². The third kappa shape index (κ3) is 4.98. The molecule has 0 saturated heterocycles. The van der Waals surface area contributed by atoms with Gasteiger partial charge in [0.05, 0.1) is 30.5 Å². The highest BCUT2D eigenvalue weighted by Gasteiger charge is 2.16. The lowest BCUT2D eigenvalue weighted by atomic mass is 10.1. The summed E-state index contributed by atoms with van der Waals surface area (Å²) in [6, 6.07) is 16.1. The summed E-state index contributed by atoms with van der Waals surface area (Å²) in [5, 5.41) is 6.10. The highest BCUT2D eigenvalue weighted by molar-refractivity contribution is 7.80. The quantitative estimate of drug-likeness (QED) is 0.324. The first-order valence-electron chi connectivity index (χ1n) is 10.5. The molecule has 34 heavy (non-hydrogen) atoms. The van der Waals surface area contributed by atoms with Crippen LogP contribution in [0.15, 0.2) is 59.0 Å². The number of carbonyl (C=O) groups is 1. The summed E-state index contributed by atoms with van der Waals surface area (Å²) in [4.78, 5) is 17.3. The number of oxazole rings is 1. The van der Waals surface area contributed by atoms with Crippen LogP contribution in [0.5, 0.6) is 11.5 Å². The molecule has 0 saturated carbocycles. The van der Waals surface area contributed by atoms with Gasteiger partial charge in [-0.05, 0) is 66.7 Å². The van der Waals surface area contributed by atoms with E-state index in [1.807, 2.05) is 24.3 Å². The molecule has 174 valence electrons. The Kier molecular flexibility index (Phi) is 7.00. The minimum atomic E-state index is -0.435. The predicted octanol–water partition coefficient (Wildman–Crippen LogP) is 5.85. The molecule has 0 aliphatic carbocycles. The lowest BCUT2D eigenvalue weighted by Crippen LogP contribution is -2.34. The van der Waals surface area contributed by atoms with Gasteiger partial charge in [-0.2, -0.15) is 0 Å². The van der Waals surface area contributed by atoms with Gasteiger partial charge >= 0.3 is 0 Å². The number of thiocarbonyl (C=S) groups is 1. The van der Waals surface area contributed by atoms with Crippen LogP contribution >= 0.6 is 23.8 Å². The van der Waals surface area contributed by atoms with Crippen LogP contribution in [-0.4, -0.2) is 30.2 Å². The number of carbonyl (C=O) groups excluding carboxylic acids is 1. The van der Waals surface area contributed by atoms with E-state index < -0.39 is 5.91 Å². The van der Waals surface area contributed by atoms with Crippen molar-refractivity contribution in [2.75, 3.05) is 19.5 Å². The van der Waals surface area contributed by atoms with E-state index in [4.69, 9.17) is 37.7 Å². The van der Waals surface area contributed by atoms with Crippen molar-refractivity contribution in [2.45, 2.75) is 13.3 Å². The number of aromatic nitrogens is 1. The van der Waals surface area contributed by atoms with E-state index in [-0.39, 0.29) is 5.11 Å². The molecule has 1 amide bonds. The summed E-state index contributed by atoms with van der Waals surface area (Å²) < 4.78 is 16.4. The summed E-state index contributed by atoms with van der Waals surface area (Å²) in [5.41, 5.74) is 4.20. The number of methoxy groups -OCH3 is 2. The van der Waals surface area contributed by atoms with Crippen LogP contribution in [0.3, 0.4) is 0 Å². The molecular formula is C25H22ClN3O4S. The summed E-state index contributed by atoms with van der Waals surface area (Å²) in [5.74, 6) is 0.959. The van der Waals surface area contributed by atoms with E-state index in [1.54, 1.807) is 30.3 Å². The number of fused-ring (bicyclic) bond motifs is 1. The number of nitrogens with zero attached hydrogens (tertiary/aromatic N) is 1. The fourth-order valence-electron chi connectivity index (χ4n) is 3.38. The van der Waals surface area contributed by atoms with E-state index in [9.17, 15) is 4.79 Å². The van der Waals surface area contributed by atoms with Crippen LogP contribution in [0.4, 0.5) is 5.69 Å². The Bertz CT molecular complexity index is 1390. The molecular weight excluding hydrogens is 474 g/mol. The molecule has 1 heterocycles. The average molecular weight is 496 g/mol. The summed E-state index contributed by atoms with van der Waals surface area (Å²) in [6.45, 7) is 2.09. The van der Waals surface area contributed by atoms with Crippen LogP contribution in [0, 0.1) is 0 Å². The summed E-state index contributed by atoms with van der Waals surface area (Å²) >= 11 is 11.7. The van der Waals surface area contributed by atoms with Crippen molar-refractivity contribution >= 4 is 51.6 Å². The molecule has 0 atom stereocenters. The van der Waals surface area contributed by atoms with Gasteiger partial charge in [0.25, 0.3) is 5.91 Å². The highest BCUT2D eigenvalue weighted by atomic mass is 35.5. The Balaban J connectivity index is 1.53. The number of nitrogens with one attached hydrogen (secondary N) is 2. The Morgan fingerprint density at radius 2 is 1.91 bits per heavy atom. The van der Waals surface area contributed by atoms with Gasteiger partial charge in [0.15, 0.2) is 10.7 Å². The van der Waals surface area contributed by atoms with Gasteiger partial charge in [0, 0.05) is 11.6 Å². The maximum absolute atomic E-state index is 12.7. The zero-order valence-electron chi connectivity index (χ0n) is 18.8. The van der Waals surface area contributed by atoms with Crippen molar-refractivity contribution in [3.8, 4) is 23.0 Å². The fraction of sp³-hybridized carbons (Fsp3) is 0.160. The van der Waals surface area contributed by atoms with E-state index in [2.05, 4.69) is 22.5 Å². The standard InChI is InChI=1S/C25H22ClN3O4S/c1-4-14-5-10-21-20(11-14)27-24(33-21)15-6-9-18(26)19(12-15)28-25(34)29-23(30)17-8-7-16(31-2)13-22(17)32-3/h5-13H,4H2,1-3H3,(H2,28,29,30,34). The first kappa shape index (κ1) is 23.5. The maximum Gasteiger partial charge on any atom is 0.261 e. The lowest BCUT2D eigenvalue weighted by Gasteiger charge is -2.13. The molecule has 0 unspecified atom stereocenters. The van der Waals surface area contributed by atoms with Crippen LogP contribution in [0.2, 0.25) is 5.02 Å². The number of amides is 1. The van der Waals surface area contributed by atoms with E-state index in [0.29, 0.717) is 44.8 Å². The molecule has 4 aromatic rings. The third-order valence-electron chi connectivity index (χ3n) is 5.20. The first-order chi connectivity index (χ1) is 16.4. The number of hydrogen-bond acceptors (Lipinski definition) is 6. The SMILES string of the molecule is CCc1ccc2oc(-c3ccc(Cl)c(NC(=S)NC(=O)c4ccc(OC)cc4OC)c3)nc2c1. The van der Waals surface area contributed by atoms with E-state index in [0.717, 1.165) is 11.9 Å². The average Bonchev–Trinajstić information content (AvgIpc) is 3.28. The molecule has 2 N–H and O–H groups in total. The number of halogens is 1. The maximum atomic E-state index is 12.7. The summed E-state index contributed by atoms with van der Waals surface area (Å²) in [7, 11) is 3.01. The first-order valence-corrected chi connectivity index (χ1v) is 11.2. The highest BCUT2D eigenvalue weighted by Crippen LogP contribution is 2.31. The molecule has 7 nitrogen and oxygen atoms in total. The minimum Gasteiger partial charge on any atom is -0.497 e. The van der Waals surface area contributed by atoms with Gasteiger partial charge in [-0.15, -0.1) is 0 Å². The van der Waals surface area contributed by atoms with Crippen molar-refractivity contribution in [1.82, 2.24) is 10.3 Å². The minimum absolute atomic E-state index is 0.0760. The second kappa shape index (κ2) is 10.1. The molecule has 0 aliphatic heterocycles. The smallest absolute Gasteiger partial charge is 0.261 e. The van der Waals surface area contributed by atoms with Crippen LogP contribution in [0.1, 0.15) is 22.8 Å². The Morgan fingerprint density at radius 1 is 1.09 bits per heavy atom. The predicted molar refractivity (Wildman–Crippen MR) is 137 cm³/mol. The molecule has 0 bridgehead atoms. The van der Waals surface area contributed by atoms with Crippen molar-refractivity contribution in [2.24, 2.45) is 0 Å². The van der Waals surface area contributed by atoms with E-state index in [1.165, 1.54) is 19.8 Å². The third-order valence-corrected chi connectivity index (χ3v) is 5.74. The second-order valence-electron chi connectivity index (χ2n) is 7.34. The number of rotatable bonds is 6. The Morgan fingerprint density at radius 3 is 2.65 bits per heavy atom. The normalized spacial score (nSPS) is 10.7. The number of hydrogen-bond donors (Lipinski definition) is 2. The number of benzene rings is 3. The van der Waals surface area contributed by atoms with Crippen LogP contribution in [0.25, 0.3) is 22.6 Å². The Labute approximate surface area is 207 Å². The monoisotopic (exact) mass is 495 g/mol. The van der Waals surface area contributed by atoms with Gasteiger partial charge in [-0.1, -0.05) is 24.6 Å². The molecule has 1 aromatic heterocycles. The zero-order chi connectivity index (χ0) is 24.2. The van der Waals surface area contributed by atoms with Crippen molar-refractivity contribution in [3.05, 3.63) is 70.7 Å². The van der Waals surface area contributed by atoms with Crippen molar-refractivity contribution in [1.29, 1.82) is 0 Å². The van der Waals surface area contributed by atoms with E-state index >= 15 is 0 Å². The van der Waals surface area contributed by atoms with Gasteiger partial charge in [-0.3, -0.25) is 10.1 Å². The molecule has 0 radical (unpaired) electrons. The number of aryl methyl sites for hydroxylation is 1. The molecule has 9 heteroatoms. The zero-order valence-corrected chi connectivity index (χ0v) is 20.3. The molecule has 4 rings (SSSR count). The van der Waals surface area contributed by atoms with Crippen molar-refractivity contribution < 1.29 is 18.7 Å². The number of anilines is 1. The largest absolute Gasteiger partial charge is 0.497 e. The lowest BCUT2D eigenvalue weighted by molar-refractivity contribution is 0.0974. The molecule has 3 aromatic carbocycles. The molecule has 0 fully saturated rings. The Hall–Kier alpha value is -3.62. The van der Waals surface area contributed by atoms with Crippen LogP contribution < -0.4 is 20.1 Å².